The Morgan fingerprint density at radius 2 is 1.90 bits per heavy atom. The fraction of sp³-hybridized carbons (Fsp3) is 0.833. The Morgan fingerprint density at radius 3 is 2.25 bits per heavy atom. The first-order valence-electron chi connectivity index (χ1n) is 6.40. The van der Waals surface area contributed by atoms with Crippen LogP contribution in [0.4, 0.5) is 4.79 Å². The predicted octanol–water partition coefficient (Wildman–Crippen LogP) is 0.314. The molecule has 8 heteroatoms. The molecule has 0 aromatic carbocycles. The molecule has 1 aliphatic heterocycles. The van der Waals surface area contributed by atoms with Gasteiger partial charge in [-0.15, -0.1) is 0 Å². The highest BCUT2D eigenvalue weighted by Crippen LogP contribution is 2.21. The number of urea groups is 1. The Balaban J connectivity index is 2.73. The van der Waals surface area contributed by atoms with Gasteiger partial charge >= 0.3 is 12.0 Å². The number of sulfone groups is 1. The van der Waals surface area contributed by atoms with E-state index in [-0.39, 0.29) is 11.5 Å². The van der Waals surface area contributed by atoms with Gasteiger partial charge in [0.25, 0.3) is 0 Å². The molecule has 1 heterocycles. The maximum absolute atomic E-state index is 12.1. The molecule has 0 aromatic rings. The smallest absolute Gasteiger partial charge is 0.326 e. The molecule has 1 unspecified atom stereocenters. The second kappa shape index (κ2) is 5.59. The van der Waals surface area contributed by atoms with E-state index >= 15 is 0 Å². The van der Waals surface area contributed by atoms with E-state index in [4.69, 9.17) is 5.11 Å². The van der Waals surface area contributed by atoms with Crippen molar-refractivity contribution in [1.29, 1.82) is 0 Å². The zero-order valence-corrected chi connectivity index (χ0v) is 13.0. The first kappa shape index (κ1) is 16.7. The van der Waals surface area contributed by atoms with Crippen molar-refractivity contribution in [3.8, 4) is 0 Å². The normalized spacial score (nSPS) is 23.1. The van der Waals surface area contributed by atoms with Gasteiger partial charge in [0.15, 0.2) is 9.84 Å². The van der Waals surface area contributed by atoms with E-state index in [0.717, 1.165) is 0 Å². The fourth-order valence-electron chi connectivity index (χ4n) is 2.12. The lowest BCUT2D eigenvalue weighted by atomic mass is 9.87. The van der Waals surface area contributed by atoms with Crippen LogP contribution in [0.5, 0.6) is 0 Å². The molecule has 7 nitrogen and oxygen atoms in total. The van der Waals surface area contributed by atoms with Gasteiger partial charge in [-0.25, -0.2) is 18.0 Å². The summed E-state index contributed by atoms with van der Waals surface area (Å²) in [6, 6.07) is -1.99. The highest BCUT2D eigenvalue weighted by Gasteiger charge is 2.37. The summed E-state index contributed by atoms with van der Waals surface area (Å²) in [6.07, 6.45) is 0.388. The average molecular weight is 306 g/mol. The summed E-state index contributed by atoms with van der Waals surface area (Å²) < 4.78 is 22.8. The molecule has 1 fully saturated rings. The second-order valence-corrected chi connectivity index (χ2v) is 8.48. The minimum atomic E-state index is -3.09. The van der Waals surface area contributed by atoms with Crippen LogP contribution in [0.2, 0.25) is 0 Å². The highest BCUT2D eigenvalue weighted by atomic mass is 32.2. The third kappa shape index (κ3) is 4.09. The summed E-state index contributed by atoms with van der Waals surface area (Å²) in [5.74, 6) is -1.11. The van der Waals surface area contributed by atoms with Gasteiger partial charge in [0.2, 0.25) is 0 Å². The van der Waals surface area contributed by atoms with E-state index in [2.05, 4.69) is 5.32 Å². The topological polar surface area (TPSA) is 104 Å². The molecule has 1 aliphatic rings. The van der Waals surface area contributed by atoms with Crippen molar-refractivity contribution in [2.45, 2.75) is 39.3 Å². The van der Waals surface area contributed by atoms with Gasteiger partial charge in [0.05, 0.1) is 11.5 Å². The lowest BCUT2D eigenvalue weighted by Crippen LogP contribution is -2.54. The van der Waals surface area contributed by atoms with Gasteiger partial charge in [-0.3, -0.25) is 0 Å². The van der Waals surface area contributed by atoms with Gasteiger partial charge < -0.3 is 15.3 Å². The predicted molar refractivity (Wildman–Crippen MR) is 74.2 cm³/mol. The van der Waals surface area contributed by atoms with Crippen LogP contribution in [0.1, 0.15) is 27.2 Å². The van der Waals surface area contributed by atoms with Crippen molar-refractivity contribution in [2.75, 3.05) is 18.6 Å². The Labute approximate surface area is 119 Å². The number of carbonyl (C=O) groups excluding carboxylic acids is 1. The quantitative estimate of drug-likeness (QED) is 0.781. The van der Waals surface area contributed by atoms with Gasteiger partial charge in [-0.2, -0.15) is 0 Å². The minimum absolute atomic E-state index is 0.0653. The maximum atomic E-state index is 12.1. The molecule has 20 heavy (non-hydrogen) atoms. The molecular formula is C12H22N2O5S. The van der Waals surface area contributed by atoms with E-state index in [1.165, 1.54) is 11.9 Å². The molecule has 0 radical (unpaired) electrons. The summed E-state index contributed by atoms with van der Waals surface area (Å²) in [6.45, 7) is 5.14. The molecule has 0 aliphatic carbocycles. The number of carboxylic acids is 1. The largest absolute Gasteiger partial charge is 0.480 e. The van der Waals surface area contributed by atoms with E-state index in [1.54, 1.807) is 20.8 Å². The number of carboxylic acid groups (broad SMARTS) is 1. The van der Waals surface area contributed by atoms with E-state index in [1.807, 2.05) is 0 Å². The summed E-state index contributed by atoms with van der Waals surface area (Å²) in [5, 5.41) is 11.6. The summed E-state index contributed by atoms with van der Waals surface area (Å²) in [5.41, 5.74) is -0.635. The van der Waals surface area contributed by atoms with E-state index < -0.39 is 39.3 Å². The Hall–Kier alpha value is -1.31. The minimum Gasteiger partial charge on any atom is -0.480 e. The number of rotatable bonds is 3. The number of amides is 2. The Morgan fingerprint density at radius 1 is 1.35 bits per heavy atom. The summed E-state index contributed by atoms with van der Waals surface area (Å²) >= 11 is 0. The molecule has 2 atom stereocenters. The van der Waals surface area contributed by atoms with Crippen LogP contribution in [-0.2, 0) is 14.6 Å². The molecule has 0 saturated carbocycles. The third-order valence-electron chi connectivity index (χ3n) is 3.46. The zero-order chi connectivity index (χ0) is 15.7. The number of carbonyl (C=O) groups is 2. The van der Waals surface area contributed by atoms with Crippen LogP contribution >= 0.6 is 0 Å². The van der Waals surface area contributed by atoms with Gasteiger partial charge in [-0.1, -0.05) is 20.8 Å². The molecule has 2 amide bonds. The number of nitrogens with one attached hydrogen (secondary N) is 1. The third-order valence-corrected chi connectivity index (χ3v) is 5.21. The van der Waals surface area contributed by atoms with Crippen LogP contribution in [0, 0.1) is 5.41 Å². The summed E-state index contributed by atoms with van der Waals surface area (Å²) in [4.78, 5) is 24.5. The van der Waals surface area contributed by atoms with Crippen molar-refractivity contribution < 1.29 is 23.1 Å². The van der Waals surface area contributed by atoms with Crippen LogP contribution in [0.25, 0.3) is 0 Å². The van der Waals surface area contributed by atoms with Gasteiger partial charge in [-0.05, 0) is 11.8 Å². The number of hydrogen-bond donors (Lipinski definition) is 2. The first-order valence-corrected chi connectivity index (χ1v) is 8.23. The van der Waals surface area contributed by atoms with Crippen LogP contribution in [0.3, 0.4) is 0 Å². The molecule has 0 bridgehead atoms. The van der Waals surface area contributed by atoms with Gasteiger partial charge in [0, 0.05) is 13.1 Å². The maximum Gasteiger partial charge on any atom is 0.326 e. The average Bonchev–Trinajstić information content (AvgIpc) is 2.63. The molecule has 2 N–H and O–H groups in total. The van der Waals surface area contributed by atoms with E-state index in [0.29, 0.717) is 6.42 Å². The van der Waals surface area contributed by atoms with Gasteiger partial charge in [0.1, 0.15) is 6.04 Å². The van der Waals surface area contributed by atoms with Crippen LogP contribution in [0.15, 0.2) is 0 Å². The molecule has 116 valence electrons. The monoisotopic (exact) mass is 306 g/mol. The summed E-state index contributed by atoms with van der Waals surface area (Å²) in [7, 11) is -1.60. The number of hydrogen-bond acceptors (Lipinski definition) is 4. The van der Waals surface area contributed by atoms with Crippen molar-refractivity contribution in [3.05, 3.63) is 0 Å². The molecule has 1 rings (SSSR count). The van der Waals surface area contributed by atoms with Crippen molar-refractivity contribution in [1.82, 2.24) is 10.2 Å². The van der Waals surface area contributed by atoms with Crippen LogP contribution < -0.4 is 5.32 Å². The lowest BCUT2D eigenvalue weighted by Gasteiger charge is -2.31. The molecule has 1 saturated heterocycles. The van der Waals surface area contributed by atoms with Crippen molar-refractivity contribution in [3.63, 3.8) is 0 Å². The van der Waals surface area contributed by atoms with E-state index in [9.17, 15) is 18.0 Å². The first-order chi connectivity index (χ1) is 8.94. The van der Waals surface area contributed by atoms with Crippen LogP contribution in [-0.4, -0.2) is 61.1 Å². The molecule has 0 aromatic heterocycles. The zero-order valence-electron chi connectivity index (χ0n) is 12.2. The highest BCUT2D eigenvalue weighted by molar-refractivity contribution is 7.91. The number of nitrogens with zero attached hydrogens (tertiary/aromatic N) is 1. The fourth-order valence-corrected chi connectivity index (χ4v) is 3.89. The standard InChI is InChI=1S/C12H22N2O5S/c1-12(2,3)9(10(15)16)13-11(17)14(4)8-5-6-20(18,19)7-8/h8-9H,5-7H2,1-4H3,(H,13,17)(H,15,16)/t8?,9-/m1/s1. The Bertz CT molecular complexity index is 494. The molecular weight excluding hydrogens is 284 g/mol. The Kier molecular flexibility index (Phi) is 4.68. The lowest BCUT2D eigenvalue weighted by molar-refractivity contribution is -0.142. The number of aliphatic carboxylic acids is 1. The van der Waals surface area contributed by atoms with Crippen molar-refractivity contribution in [2.24, 2.45) is 5.41 Å². The SMILES string of the molecule is CN(C(=O)N[C@H](C(=O)O)C(C)(C)C)C1CCS(=O)(=O)C1. The second-order valence-electron chi connectivity index (χ2n) is 6.25. The van der Waals surface area contributed by atoms with Crippen molar-refractivity contribution >= 4 is 21.8 Å². The molecule has 0 spiro atoms.